The van der Waals surface area contributed by atoms with Crippen LogP contribution in [0.1, 0.15) is 49.8 Å². The molecule has 1 aliphatic carbocycles. The van der Waals surface area contributed by atoms with Crippen molar-refractivity contribution in [3.05, 3.63) is 34.3 Å². The van der Waals surface area contributed by atoms with Crippen molar-refractivity contribution in [3.8, 4) is 0 Å². The van der Waals surface area contributed by atoms with Gasteiger partial charge in [-0.2, -0.15) is 0 Å². The van der Waals surface area contributed by atoms with Crippen molar-refractivity contribution in [3.63, 3.8) is 0 Å². The fourth-order valence-electron chi connectivity index (χ4n) is 3.05. The topological polar surface area (TPSA) is 32.3 Å². The van der Waals surface area contributed by atoms with Crippen LogP contribution in [-0.2, 0) is 6.42 Å². The zero-order valence-electron chi connectivity index (χ0n) is 11.7. The zero-order valence-corrected chi connectivity index (χ0v) is 12.4. The number of hydrogen-bond acceptors (Lipinski definition) is 2. The fourth-order valence-corrected chi connectivity index (χ4v) is 3.24. The predicted molar refractivity (Wildman–Crippen MR) is 80.6 cm³/mol. The number of fused-ring (bicyclic) bond motifs is 1. The minimum atomic E-state index is 0.295. The van der Waals surface area contributed by atoms with E-state index in [-0.39, 0.29) is 0 Å². The monoisotopic (exact) mass is 281 g/mol. The quantitative estimate of drug-likeness (QED) is 0.798. The Morgan fingerprint density at radius 1 is 1.42 bits per heavy atom. The van der Waals surface area contributed by atoms with Gasteiger partial charge >= 0.3 is 0 Å². The minimum absolute atomic E-state index is 0.295. The molecule has 3 heteroatoms. The molecule has 2 atom stereocenters. The Morgan fingerprint density at radius 3 is 3.00 bits per heavy atom. The molecule has 2 N–H and O–H groups in total. The van der Waals surface area contributed by atoms with Crippen molar-refractivity contribution < 1.29 is 5.11 Å². The van der Waals surface area contributed by atoms with Crippen LogP contribution in [0, 0.1) is 5.92 Å². The second-order valence-corrected chi connectivity index (χ2v) is 5.95. The fraction of sp³-hybridized carbons (Fsp3) is 0.625. The summed E-state index contributed by atoms with van der Waals surface area (Å²) < 4.78 is 0. The molecule has 0 fully saturated rings. The summed E-state index contributed by atoms with van der Waals surface area (Å²) in [5.41, 5.74) is 2.79. The van der Waals surface area contributed by atoms with Crippen molar-refractivity contribution >= 4 is 11.6 Å². The Bertz CT molecular complexity index is 402. The van der Waals surface area contributed by atoms with Crippen LogP contribution in [0.5, 0.6) is 0 Å². The Balaban J connectivity index is 1.91. The van der Waals surface area contributed by atoms with Crippen molar-refractivity contribution in [1.29, 1.82) is 0 Å². The molecule has 1 aliphatic rings. The number of rotatable bonds is 7. The van der Waals surface area contributed by atoms with Crippen LogP contribution >= 0.6 is 11.6 Å². The summed E-state index contributed by atoms with van der Waals surface area (Å²) >= 11 is 6.03. The Hall–Kier alpha value is -0.570. The van der Waals surface area contributed by atoms with Gasteiger partial charge in [0.1, 0.15) is 0 Å². The summed E-state index contributed by atoms with van der Waals surface area (Å²) in [5.74, 6) is 0.589. The molecule has 0 spiro atoms. The number of aryl methyl sites for hydroxylation is 1. The SMILES string of the molecule is CCCC(CCO)CNC1CCc2cc(Cl)ccc21. The van der Waals surface area contributed by atoms with Gasteiger partial charge in [-0.3, -0.25) is 0 Å². The van der Waals surface area contributed by atoms with Gasteiger partial charge in [-0.05, 0) is 61.4 Å². The molecular weight excluding hydrogens is 258 g/mol. The lowest BCUT2D eigenvalue weighted by atomic mass is 9.99. The summed E-state index contributed by atoms with van der Waals surface area (Å²) in [6.07, 6.45) is 5.55. The van der Waals surface area contributed by atoms with E-state index >= 15 is 0 Å². The number of aliphatic hydroxyl groups is 1. The van der Waals surface area contributed by atoms with E-state index in [4.69, 9.17) is 16.7 Å². The van der Waals surface area contributed by atoms with Gasteiger partial charge in [-0.15, -0.1) is 0 Å². The van der Waals surface area contributed by atoms with Crippen molar-refractivity contribution in [2.75, 3.05) is 13.2 Å². The Kier molecular flexibility index (Phi) is 5.68. The molecule has 2 rings (SSSR count). The third-order valence-corrected chi connectivity index (χ3v) is 4.31. The summed E-state index contributed by atoms with van der Waals surface area (Å²) in [6, 6.07) is 6.70. The second kappa shape index (κ2) is 7.28. The maximum atomic E-state index is 9.10. The molecule has 106 valence electrons. The molecule has 2 nitrogen and oxygen atoms in total. The van der Waals surface area contributed by atoms with E-state index in [1.165, 1.54) is 24.0 Å². The molecule has 0 aromatic heterocycles. The van der Waals surface area contributed by atoms with Gasteiger partial charge < -0.3 is 10.4 Å². The summed E-state index contributed by atoms with van der Waals surface area (Å²) in [4.78, 5) is 0. The highest BCUT2D eigenvalue weighted by Crippen LogP contribution is 2.33. The van der Waals surface area contributed by atoms with E-state index in [0.29, 0.717) is 18.6 Å². The molecule has 0 amide bonds. The van der Waals surface area contributed by atoms with Gasteiger partial charge in [0.25, 0.3) is 0 Å². The lowest BCUT2D eigenvalue weighted by Crippen LogP contribution is -2.26. The maximum absolute atomic E-state index is 9.10. The molecule has 1 aromatic rings. The standard InChI is InChI=1S/C16H24ClNO/c1-2-3-12(8-9-19)11-18-16-7-4-13-10-14(17)5-6-15(13)16/h5-6,10,12,16,18-19H,2-4,7-9,11H2,1H3. The third kappa shape index (κ3) is 3.95. The van der Waals surface area contributed by atoms with Crippen LogP contribution in [-0.4, -0.2) is 18.3 Å². The average molecular weight is 282 g/mol. The van der Waals surface area contributed by atoms with E-state index in [9.17, 15) is 0 Å². The molecule has 2 unspecified atom stereocenters. The van der Waals surface area contributed by atoms with Gasteiger partial charge in [0, 0.05) is 17.7 Å². The number of hydrogen-bond donors (Lipinski definition) is 2. The highest BCUT2D eigenvalue weighted by molar-refractivity contribution is 6.30. The minimum Gasteiger partial charge on any atom is -0.396 e. The number of aliphatic hydroxyl groups excluding tert-OH is 1. The van der Waals surface area contributed by atoms with Gasteiger partial charge in [-0.25, -0.2) is 0 Å². The molecule has 0 saturated heterocycles. The molecule has 0 saturated carbocycles. The third-order valence-electron chi connectivity index (χ3n) is 4.07. The summed E-state index contributed by atoms with van der Waals surface area (Å²) in [7, 11) is 0. The molecule has 0 heterocycles. The van der Waals surface area contributed by atoms with Gasteiger partial charge in [0.2, 0.25) is 0 Å². The summed E-state index contributed by atoms with van der Waals surface area (Å²) in [5, 5.41) is 13.6. The van der Waals surface area contributed by atoms with Gasteiger partial charge in [0.05, 0.1) is 0 Å². The molecule has 0 radical (unpaired) electrons. The van der Waals surface area contributed by atoms with E-state index in [1.807, 2.05) is 6.07 Å². The first-order valence-corrected chi connectivity index (χ1v) is 7.75. The predicted octanol–water partition coefficient (Wildman–Crippen LogP) is 3.72. The smallest absolute Gasteiger partial charge is 0.0434 e. The first-order chi connectivity index (χ1) is 9.24. The van der Waals surface area contributed by atoms with Crippen molar-refractivity contribution in [2.24, 2.45) is 5.92 Å². The summed E-state index contributed by atoms with van der Waals surface area (Å²) in [6.45, 7) is 3.50. The van der Waals surface area contributed by atoms with Crippen LogP contribution in [0.2, 0.25) is 5.02 Å². The first kappa shape index (κ1) is 14.8. The van der Waals surface area contributed by atoms with Gasteiger partial charge in [-0.1, -0.05) is 31.0 Å². The lowest BCUT2D eigenvalue weighted by molar-refractivity contribution is 0.245. The number of halogens is 1. The van der Waals surface area contributed by atoms with Crippen molar-refractivity contribution in [1.82, 2.24) is 5.32 Å². The van der Waals surface area contributed by atoms with E-state index in [0.717, 1.165) is 30.8 Å². The van der Waals surface area contributed by atoms with Crippen molar-refractivity contribution in [2.45, 2.75) is 45.1 Å². The molecule has 1 aromatic carbocycles. The molecule has 0 bridgehead atoms. The number of nitrogens with one attached hydrogen (secondary N) is 1. The largest absolute Gasteiger partial charge is 0.396 e. The first-order valence-electron chi connectivity index (χ1n) is 7.37. The van der Waals surface area contributed by atoms with Crippen LogP contribution in [0.3, 0.4) is 0 Å². The second-order valence-electron chi connectivity index (χ2n) is 5.51. The Morgan fingerprint density at radius 2 is 2.26 bits per heavy atom. The van der Waals surface area contributed by atoms with Crippen LogP contribution in [0.4, 0.5) is 0 Å². The van der Waals surface area contributed by atoms with Crippen LogP contribution in [0.15, 0.2) is 18.2 Å². The maximum Gasteiger partial charge on any atom is 0.0434 e. The van der Waals surface area contributed by atoms with E-state index in [1.54, 1.807) is 0 Å². The van der Waals surface area contributed by atoms with E-state index in [2.05, 4.69) is 24.4 Å². The highest BCUT2D eigenvalue weighted by atomic mass is 35.5. The van der Waals surface area contributed by atoms with Crippen LogP contribution < -0.4 is 5.32 Å². The van der Waals surface area contributed by atoms with Gasteiger partial charge in [0.15, 0.2) is 0 Å². The highest BCUT2D eigenvalue weighted by Gasteiger charge is 2.22. The number of benzene rings is 1. The van der Waals surface area contributed by atoms with Crippen LogP contribution in [0.25, 0.3) is 0 Å². The average Bonchev–Trinajstić information content (AvgIpc) is 2.78. The molecule has 0 aliphatic heterocycles. The normalized spacial score (nSPS) is 19.4. The van der Waals surface area contributed by atoms with E-state index < -0.39 is 0 Å². The zero-order chi connectivity index (χ0) is 13.7. The molecular formula is C16H24ClNO. The lowest BCUT2D eigenvalue weighted by Gasteiger charge is -2.20. The Labute approximate surface area is 121 Å². The molecule has 19 heavy (non-hydrogen) atoms.